The van der Waals surface area contributed by atoms with Crippen molar-refractivity contribution >= 4 is 11.7 Å². The predicted octanol–water partition coefficient (Wildman–Crippen LogP) is 2.92. The molecule has 0 radical (unpaired) electrons. The highest BCUT2D eigenvalue weighted by molar-refractivity contribution is 5.72. The standard InChI is InChI=1S/C18H21N3O2/c1-12-8-9-16-14(10-12)20-15(11-21(2)18(19)22)17(23-16)13-6-4-3-5-7-13/h3-10,15,17,20H,11H2,1-2H3,(H2,19,22). The molecule has 120 valence electrons. The maximum atomic E-state index is 11.4. The van der Waals surface area contributed by atoms with Gasteiger partial charge in [-0.2, -0.15) is 0 Å². The molecule has 1 aliphatic heterocycles. The molecule has 2 atom stereocenters. The Balaban J connectivity index is 1.93. The molecule has 0 aromatic heterocycles. The van der Waals surface area contributed by atoms with Gasteiger partial charge in [-0.1, -0.05) is 36.4 Å². The number of fused-ring (bicyclic) bond motifs is 1. The Morgan fingerprint density at radius 2 is 2.00 bits per heavy atom. The third kappa shape index (κ3) is 3.23. The third-order valence-electron chi connectivity index (χ3n) is 4.07. The second-order valence-electron chi connectivity index (χ2n) is 5.92. The van der Waals surface area contributed by atoms with E-state index in [1.807, 2.05) is 55.5 Å². The lowest BCUT2D eigenvalue weighted by atomic mass is 9.99. The van der Waals surface area contributed by atoms with Gasteiger partial charge in [0, 0.05) is 13.6 Å². The molecule has 2 amide bonds. The van der Waals surface area contributed by atoms with Crippen molar-refractivity contribution in [1.82, 2.24) is 4.90 Å². The summed E-state index contributed by atoms with van der Waals surface area (Å²) in [4.78, 5) is 12.9. The first-order chi connectivity index (χ1) is 11.0. The molecule has 3 rings (SSSR count). The summed E-state index contributed by atoms with van der Waals surface area (Å²) in [7, 11) is 1.69. The van der Waals surface area contributed by atoms with E-state index < -0.39 is 6.03 Å². The fraction of sp³-hybridized carbons (Fsp3) is 0.278. The Hall–Kier alpha value is -2.69. The Morgan fingerprint density at radius 3 is 2.70 bits per heavy atom. The zero-order chi connectivity index (χ0) is 16.4. The van der Waals surface area contributed by atoms with Crippen LogP contribution >= 0.6 is 0 Å². The summed E-state index contributed by atoms with van der Waals surface area (Å²) in [5.74, 6) is 0.822. The average molecular weight is 311 g/mol. The average Bonchev–Trinajstić information content (AvgIpc) is 2.54. The third-order valence-corrected chi connectivity index (χ3v) is 4.07. The van der Waals surface area contributed by atoms with Crippen LogP contribution in [0.4, 0.5) is 10.5 Å². The number of amides is 2. The van der Waals surface area contributed by atoms with Crippen molar-refractivity contribution in [2.45, 2.75) is 19.1 Å². The molecular formula is C18H21N3O2. The van der Waals surface area contributed by atoms with Gasteiger partial charge in [-0.05, 0) is 30.2 Å². The molecule has 3 N–H and O–H groups in total. The molecule has 0 saturated heterocycles. The fourth-order valence-corrected chi connectivity index (χ4v) is 2.82. The highest BCUT2D eigenvalue weighted by Crippen LogP contribution is 2.38. The summed E-state index contributed by atoms with van der Waals surface area (Å²) < 4.78 is 6.22. The maximum Gasteiger partial charge on any atom is 0.314 e. The molecule has 0 aliphatic carbocycles. The summed E-state index contributed by atoms with van der Waals surface area (Å²) in [6.07, 6.45) is -0.187. The minimum Gasteiger partial charge on any atom is -0.481 e. The molecule has 2 aromatic carbocycles. The van der Waals surface area contributed by atoms with E-state index >= 15 is 0 Å². The number of carbonyl (C=O) groups excluding carboxylic acids is 1. The second-order valence-corrected chi connectivity index (χ2v) is 5.92. The molecule has 5 heteroatoms. The van der Waals surface area contributed by atoms with Gasteiger partial charge in [-0.3, -0.25) is 0 Å². The summed E-state index contributed by atoms with van der Waals surface area (Å²) in [5.41, 5.74) is 8.54. The van der Waals surface area contributed by atoms with Gasteiger partial charge in [0.15, 0.2) is 0 Å². The smallest absolute Gasteiger partial charge is 0.314 e. The summed E-state index contributed by atoms with van der Waals surface area (Å²) in [6.45, 7) is 2.50. The Labute approximate surface area is 136 Å². The van der Waals surface area contributed by atoms with E-state index in [1.54, 1.807) is 7.05 Å². The minimum absolute atomic E-state index is 0.0794. The number of likely N-dealkylation sites (N-methyl/N-ethyl adjacent to an activating group) is 1. The van der Waals surface area contributed by atoms with Crippen molar-refractivity contribution in [3.05, 3.63) is 59.7 Å². The van der Waals surface area contributed by atoms with Gasteiger partial charge in [0.05, 0.1) is 11.7 Å². The number of nitrogens with one attached hydrogen (secondary N) is 1. The van der Waals surface area contributed by atoms with Crippen LogP contribution in [0.1, 0.15) is 17.2 Å². The van der Waals surface area contributed by atoms with Crippen LogP contribution in [0.3, 0.4) is 0 Å². The summed E-state index contributed by atoms with van der Waals surface area (Å²) in [6, 6.07) is 15.5. The molecule has 5 nitrogen and oxygen atoms in total. The summed E-state index contributed by atoms with van der Waals surface area (Å²) in [5, 5.41) is 3.50. The number of carbonyl (C=O) groups is 1. The molecule has 2 aromatic rings. The van der Waals surface area contributed by atoms with Gasteiger partial charge < -0.3 is 20.7 Å². The maximum absolute atomic E-state index is 11.4. The van der Waals surface area contributed by atoms with Gasteiger partial charge in [0.2, 0.25) is 0 Å². The Morgan fingerprint density at radius 1 is 1.26 bits per heavy atom. The number of primary amides is 1. The number of aryl methyl sites for hydroxylation is 1. The number of hydrogen-bond donors (Lipinski definition) is 2. The van der Waals surface area contributed by atoms with Crippen LogP contribution in [0.15, 0.2) is 48.5 Å². The van der Waals surface area contributed by atoms with Gasteiger partial charge in [0.25, 0.3) is 0 Å². The number of ether oxygens (including phenoxy) is 1. The number of urea groups is 1. The lowest BCUT2D eigenvalue weighted by Crippen LogP contribution is -2.46. The van der Waals surface area contributed by atoms with E-state index in [0.717, 1.165) is 22.6 Å². The first-order valence-electron chi connectivity index (χ1n) is 7.64. The SMILES string of the molecule is Cc1ccc2c(c1)NC(CN(C)C(N)=O)C(c1ccccc1)O2. The molecule has 0 spiro atoms. The van der Waals surface area contributed by atoms with Gasteiger partial charge in [-0.25, -0.2) is 4.79 Å². The van der Waals surface area contributed by atoms with Crippen LogP contribution in [0.2, 0.25) is 0 Å². The van der Waals surface area contributed by atoms with Crippen molar-refractivity contribution in [3.8, 4) is 5.75 Å². The van der Waals surface area contributed by atoms with Crippen LogP contribution in [0.5, 0.6) is 5.75 Å². The number of hydrogen-bond acceptors (Lipinski definition) is 3. The molecule has 2 unspecified atom stereocenters. The molecule has 1 aliphatic rings. The normalized spacial score (nSPS) is 19.2. The lowest BCUT2D eigenvalue weighted by Gasteiger charge is -2.37. The van der Waals surface area contributed by atoms with E-state index in [-0.39, 0.29) is 12.1 Å². The highest BCUT2D eigenvalue weighted by Gasteiger charge is 2.32. The first-order valence-corrected chi connectivity index (χ1v) is 7.64. The van der Waals surface area contributed by atoms with Crippen molar-refractivity contribution in [2.24, 2.45) is 5.73 Å². The van der Waals surface area contributed by atoms with E-state index in [2.05, 4.69) is 5.32 Å². The van der Waals surface area contributed by atoms with Crippen molar-refractivity contribution in [1.29, 1.82) is 0 Å². The van der Waals surface area contributed by atoms with Gasteiger partial charge in [-0.15, -0.1) is 0 Å². The van der Waals surface area contributed by atoms with Crippen LogP contribution < -0.4 is 15.8 Å². The number of rotatable bonds is 3. The van der Waals surface area contributed by atoms with Crippen LogP contribution in [0.25, 0.3) is 0 Å². The molecule has 0 fully saturated rings. The van der Waals surface area contributed by atoms with E-state index in [4.69, 9.17) is 10.5 Å². The quantitative estimate of drug-likeness (QED) is 0.916. The van der Waals surface area contributed by atoms with E-state index in [9.17, 15) is 4.79 Å². The molecular weight excluding hydrogens is 290 g/mol. The zero-order valence-electron chi connectivity index (χ0n) is 13.3. The summed E-state index contributed by atoms with van der Waals surface area (Å²) >= 11 is 0. The van der Waals surface area contributed by atoms with Crippen LogP contribution in [-0.4, -0.2) is 30.6 Å². The first kappa shape index (κ1) is 15.2. The highest BCUT2D eigenvalue weighted by atomic mass is 16.5. The second kappa shape index (κ2) is 6.20. The Bertz CT molecular complexity index is 703. The number of anilines is 1. The van der Waals surface area contributed by atoms with Gasteiger partial charge in [0.1, 0.15) is 11.9 Å². The predicted molar refractivity (Wildman–Crippen MR) is 90.6 cm³/mol. The molecule has 23 heavy (non-hydrogen) atoms. The fourth-order valence-electron chi connectivity index (χ4n) is 2.82. The van der Waals surface area contributed by atoms with Crippen molar-refractivity contribution in [2.75, 3.05) is 18.9 Å². The number of nitrogens with two attached hydrogens (primary N) is 1. The lowest BCUT2D eigenvalue weighted by molar-refractivity contribution is 0.151. The molecule has 1 heterocycles. The van der Waals surface area contributed by atoms with E-state index in [1.165, 1.54) is 4.90 Å². The largest absolute Gasteiger partial charge is 0.481 e. The number of benzene rings is 2. The Kier molecular flexibility index (Phi) is 4.10. The van der Waals surface area contributed by atoms with Crippen molar-refractivity contribution < 1.29 is 9.53 Å². The minimum atomic E-state index is -0.450. The molecule has 0 saturated carbocycles. The molecule has 0 bridgehead atoms. The van der Waals surface area contributed by atoms with Crippen LogP contribution in [-0.2, 0) is 0 Å². The van der Waals surface area contributed by atoms with Gasteiger partial charge >= 0.3 is 6.03 Å². The zero-order valence-corrected chi connectivity index (χ0v) is 13.3. The number of nitrogens with zero attached hydrogens (tertiary/aromatic N) is 1. The monoisotopic (exact) mass is 311 g/mol. The topological polar surface area (TPSA) is 67.6 Å². The van der Waals surface area contributed by atoms with Crippen LogP contribution in [0, 0.1) is 6.92 Å². The van der Waals surface area contributed by atoms with Crippen molar-refractivity contribution in [3.63, 3.8) is 0 Å². The van der Waals surface area contributed by atoms with E-state index in [0.29, 0.717) is 6.54 Å².